The first kappa shape index (κ1) is 14.4. The Balaban J connectivity index is 2.08. The van der Waals surface area contributed by atoms with E-state index in [4.69, 9.17) is 13.9 Å². The van der Waals surface area contributed by atoms with Crippen LogP contribution in [-0.4, -0.2) is 26.2 Å². The van der Waals surface area contributed by atoms with E-state index in [1.165, 1.54) is 7.11 Å². The quantitative estimate of drug-likeness (QED) is 0.822. The van der Waals surface area contributed by atoms with Crippen LogP contribution in [0.15, 0.2) is 28.7 Å². The topological polar surface area (TPSA) is 60.7 Å². The van der Waals surface area contributed by atoms with Crippen LogP contribution in [0.1, 0.15) is 19.1 Å². The Labute approximate surface area is 117 Å². The number of fused-ring (bicyclic) bond motifs is 1. The standard InChI is InChI=1S/C15H19NO4/c1-4-13(15(17)19-3)16-9-12-8-10-7-11(18-2)5-6-14(10)20-12/h5-8,13,16H,4,9H2,1-3H3/t13-/m0/s1. The number of nitrogens with one attached hydrogen (secondary N) is 1. The molecule has 0 saturated carbocycles. The Bertz CT molecular complexity index is 591. The summed E-state index contributed by atoms with van der Waals surface area (Å²) in [5.41, 5.74) is 0.800. The molecule has 0 bridgehead atoms. The molecule has 1 atom stereocenters. The van der Waals surface area contributed by atoms with Crippen LogP contribution >= 0.6 is 0 Å². The van der Waals surface area contributed by atoms with E-state index in [1.54, 1.807) is 7.11 Å². The van der Waals surface area contributed by atoms with Gasteiger partial charge in [-0.05, 0) is 30.7 Å². The molecule has 0 fully saturated rings. The smallest absolute Gasteiger partial charge is 0.322 e. The van der Waals surface area contributed by atoms with Crippen molar-refractivity contribution in [3.8, 4) is 5.75 Å². The minimum absolute atomic E-state index is 0.259. The molecular formula is C15H19NO4. The molecule has 0 aliphatic rings. The van der Waals surface area contributed by atoms with Gasteiger partial charge in [-0.3, -0.25) is 10.1 Å². The average Bonchev–Trinajstić information content (AvgIpc) is 2.89. The molecule has 5 nitrogen and oxygen atoms in total. The summed E-state index contributed by atoms with van der Waals surface area (Å²) in [6, 6.07) is 7.26. The molecule has 5 heteroatoms. The summed E-state index contributed by atoms with van der Waals surface area (Å²) in [6.45, 7) is 2.41. The van der Waals surface area contributed by atoms with E-state index >= 15 is 0 Å². The molecule has 1 aromatic heterocycles. The summed E-state index contributed by atoms with van der Waals surface area (Å²) in [5, 5.41) is 4.11. The Morgan fingerprint density at radius 3 is 2.80 bits per heavy atom. The normalized spacial score (nSPS) is 12.3. The monoisotopic (exact) mass is 277 g/mol. The number of carbonyl (C=O) groups is 1. The maximum absolute atomic E-state index is 11.5. The van der Waals surface area contributed by atoms with Gasteiger partial charge in [0, 0.05) is 5.39 Å². The second-order valence-corrected chi connectivity index (χ2v) is 4.48. The van der Waals surface area contributed by atoms with Crippen LogP contribution in [0.3, 0.4) is 0 Å². The molecule has 0 spiro atoms. The minimum atomic E-state index is -0.317. The molecule has 1 heterocycles. The molecule has 0 amide bonds. The second-order valence-electron chi connectivity index (χ2n) is 4.48. The van der Waals surface area contributed by atoms with E-state index in [-0.39, 0.29) is 12.0 Å². The first-order valence-electron chi connectivity index (χ1n) is 6.55. The molecule has 0 saturated heterocycles. The van der Waals surface area contributed by atoms with Gasteiger partial charge in [0.05, 0.1) is 20.8 Å². The Morgan fingerprint density at radius 1 is 1.35 bits per heavy atom. The van der Waals surface area contributed by atoms with Gasteiger partial charge >= 0.3 is 5.97 Å². The molecule has 20 heavy (non-hydrogen) atoms. The van der Waals surface area contributed by atoms with Gasteiger partial charge in [-0.2, -0.15) is 0 Å². The third kappa shape index (κ3) is 3.11. The zero-order valence-electron chi connectivity index (χ0n) is 11.9. The maximum Gasteiger partial charge on any atom is 0.322 e. The van der Waals surface area contributed by atoms with Gasteiger partial charge < -0.3 is 13.9 Å². The van der Waals surface area contributed by atoms with Crippen molar-refractivity contribution in [2.45, 2.75) is 25.9 Å². The van der Waals surface area contributed by atoms with E-state index in [1.807, 2.05) is 31.2 Å². The number of hydrogen-bond donors (Lipinski definition) is 1. The number of rotatable bonds is 6. The van der Waals surface area contributed by atoms with Crippen LogP contribution in [0.25, 0.3) is 11.0 Å². The molecule has 1 aromatic carbocycles. The van der Waals surface area contributed by atoms with Crippen molar-refractivity contribution in [1.29, 1.82) is 0 Å². The van der Waals surface area contributed by atoms with Gasteiger partial charge in [0.15, 0.2) is 0 Å². The van der Waals surface area contributed by atoms with E-state index in [0.29, 0.717) is 13.0 Å². The molecule has 2 aromatic rings. The summed E-state index contributed by atoms with van der Waals surface area (Å²) in [4.78, 5) is 11.5. The fourth-order valence-electron chi connectivity index (χ4n) is 2.05. The highest BCUT2D eigenvalue weighted by Gasteiger charge is 2.16. The van der Waals surface area contributed by atoms with Gasteiger partial charge in [0.25, 0.3) is 0 Å². The second kappa shape index (κ2) is 6.43. The summed E-state index contributed by atoms with van der Waals surface area (Å²) < 4.78 is 15.6. The molecule has 0 radical (unpaired) electrons. The van der Waals surface area contributed by atoms with Crippen LogP contribution in [-0.2, 0) is 16.1 Å². The largest absolute Gasteiger partial charge is 0.497 e. The lowest BCUT2D eigenvalue weighted by molar-refractivity contribution is -0.143. The number of esters is 1. The highest BCUT2D eigenvalue weighted by Crippen LogP contribution is 2.24. The summed E-state index contributed by atoms with van der Waals surface area (Å²) in [5.74, 6) is 1.31. The minimum Gasteiger partial charge on any atom is -0.497 e. The van der Waals surface area contributed by atoms with Crippen LogP contribution in [0.5, 0.6) is 5.75 Å². The van der Waals surface area contributed by atoms with Gasteiger partial charge in [0.1, 0.15) is 23.1 Å². The lowest BCUT2D eigenvalue weighted by Gasteiger charge is -2.12. The van der Waals surface area contributed by atoms with Gasteiger partial charge in [-0.15, -0.1) is 0 Å². The summed E-state index contributed by atoms with van der Waals surface area (Å²) in [7, 11) is 3.02. The lowest BCUT2D eigenvalue weighted by atomic mass is 10.2. The third-order valence-corrected chi connectivity index (χ3v) is 3.19. The van der Waals surface area contributed by atoms with Gasteiger partial charge in [-0.25, -0.2) is 0 Å². The number of benzene rings is 1. The number of carbonyl (C=O) groups excluding carboxylic acids is 1. The van der Waals surface area contributed by atoms with Crippen LogP contribution < -0.4 is 10.1 Å². The predicted molar refractivity (Wildman–Crippen MR) is 75.7 cm³/mol. The number of furan rings is 1. The van der Waals surface area contributed by atoms with E-state index in [2.05, 4.69) is 5.32 Å². The Kier molecular flexibility index (Phi) is 4.63. The Hall–Kier alpha value is -2.01. The fraction of sp³-hybridized carbons (Fsp3) is 0.400. The SMILES string of the molecule is CC[C@H](NCc1cc2cc(OC)ccc2o1)C(=O)OC. The van der Waals surface area contributed by atoms with Gasteiger partial charge in [-0.1, -0.05) is 6.92 Å². The van der Waals surface area contributed by atoms with Crippen molar-refractivity contribution in [3.63, 3.8) is 0 Å². The van der Waals surface area contributed by atoms with Crippen LogP contribution in [0.2, 0.25) is 0 Å². The van der Waals surface area contributed by atoms with Crippen molar-refractivity contribution < 1.29 is 18.7 Å². The van der Waals surface area contributed by atoms with Crippen molar-refractivity contribution in [1.82, 2.24) is 5.32 Å². The lowest BCUT2D eigenvalue weighted by Crippen LogP contribution is -2.36. The zero-order valence-corrected chi connectivity index (χ0v) is 11.9. The van der Waals surface area contributed by atoms with E-state index < -0.39 is 0 Å². The molecule has 2 rings (SSSR count). The molecule has 108 valence electrons. The predicted octanol–water partition coefficient (Wildman–Crippen LogP) is 2.48. The van der Waals surface area contributed by atoms with Crippen molar-refractivity contribution in [2.75, 3.05) is 14.2 Å². The number of methoxy groups -OCH3 is 2. The molecule has 1 N–H and O–H groups in total. The number of hydrogen-bond acceptors (Lipinski definition) is 5. The number of ether oxygens (including phenoxy) is 2. The van der Waals surface area contributed by atoms with E-state index in [0.717, 1.165) is 22.5 Å². The molecular weight excluding hydrogens is 258 g/mol. The van der Waals surface area contributed by atoms with Crippen LogP contribution in [0.4, 0.5) is 0 Å². The van der Waals surface area contributed by atoms with Crippen LogP contribution in [0, 0.1) is 0 Å². The molecule has 0 aliphatic carbocycles. The van der Waals surface area contributed by atoms with Gasteiger partial charge in [0.2, 0.25) is 0 Å². The van der Waals surface area contributed by atoms with Crippen molar-refractivity contribution >= 4 is 16.9 Å². The first-order chi connectivity index (χ1) is 9.67. The van der Waals surface area contributed by atoms with E-state index in [9.17, 15) is 4.79 Å². The molecule has 0 unspecified atom stereocenters. The fourth-order valence-corrected chi connectivity index (χ4v) is 2.05. The third-order valence-electron chi connectivity index (χ3n) is 3.19. The maximum atomic E-state index is 11.5. The highest BCUT2D eigenvalue weighted by molar-refractivity contribution is 5.79. The van der Waals surface area contributed by atoms with Crippen molar-refractivity contribution in [3.05, 3.63) is 30.0 Å². The van der Waals surface area contributed by atoms with Crippen molar-refractivity contribution in [2.24, 2.45) is 0 Å². The zero-order chi connectivity index (χ0) is 14.5. The molecule has 0 aliphatic heterocycles. The average molecular weight is 277 g/mol. The summed E-state index contributed by atoms with van der Waals surface area (Å²) >= 11 is 0. The highest BCUT2D eigenvalue weighted by atomic mass is 16.5. The Morgan fingerprint density at radius 2 is 2.15 bits per heavy atom. The summed E-state index contributed by atoms with van der Waals surface area (Å²) in [6.07, 6.45) is 0.667. The first-order valence-corrected chi connectivity index (χ1v) is 6.55.